The van der Waals surface area contributed by atoms with Crippen molar-refractivity contribution in [3.63, 3.8) is 0 Å². The highest BCUT2D eigenvalue weighted by molar-refractivity contribution is 5.93. The zero-order chi connectivity index (χ0) is 22.2. The van der Waals surface area contributed by atoms with E-state index >= 15 is 0 Å². The van der Waals surface area contributed by atoms with Crippen molar-refractivity contribution >= 4 is 23.5 Å². The molecule has 0 N–H and O–H groups in total. The van der Waals surface area contributed by atoms with Crippen LogP contribution in [-0.4, -0.2) is 53.5 Å². The fourth-order valence-corrected chi connectivity index (χ4v) is 4.93. The molecule has 1 fully saturated rings. The van der Waals surface area contributed by atoms with Crippen LogP contribution in [0.5, 0.6) is 0 Å². The molecule has 4 rings (SSSR count). The molecule has 3 aliphatic rings. The molecule has 0 spiro atoms. The normalized spacial score (nSPS) is 26.9. The first-order valence-electron chi connectivity index (χ1n) is 10.1. The van der Waals surface area contributed by atoms with Gasteiger partial charge in [0.2, 0.25) is 5.91 Å². The van der Waals surface area contributed by atoms with Gasteiger partial charge in [-0.3, -0.25) is 19.7 Å². The average Bonchev–Trinajstić information content (AvgIpc) is 2.95. The Kier molecular flexibility index (Phi) is 5.34. The number of esters is 2. The summed E-state index contributed by atoms with van der Waals surface area (Å²) in [6.07, 6.45) is 6.33. The standard InChI is InChI=1S/C22H22N2O7/c1-30-21(27)22-12-2-4-14-8-11-18(25)23(19(14)22)13-3-5-17(22)31-20(26)15-6-9-16(10-7-15)24(28)29/h4,6-11,17,19H,2-3,5,12-13H2,1H3/t17-,19+,22+/m1/s1. The lowest BCUT2D eigenvalue weighted by atomic mass is 9.64. The van der Waals surface area contributed by atoms with Gasteiger partial charge in [0.25, 0.3) is 5.69 Å². The Balaban J connectivity index is 1.71. The molecule has 162 valence electrons. The molecule has 1 amide bonds. The molecule has 0 radical (unpaired) electrons. The summed E-state index contributed by atoms with van der Waals surface area (Å²) in [6.45, 7) is 0.440. The number of hydrogen-bond donors (Lipinski definition) is 0. The van der Waals surface area contributed by atoms with E-state index in [9.17, 15) is 24.5 Å². The first-order valence-corrected chi connectivity index (χ1v) is 10.1. The van der Waals surface area contributed by atoms with E-state index in [2.05, 4.69) is 0 Å². The van der Waals surface area contributed by atoms with Crippen LogP contribution < -0.4 is 0 Å². The number of carbonyl (C=O) groups excluding carboxylic acids is 3. The molecule has 3 atom stereocenters. The van der Waals surface area contributed by atoms with Crippen molar-refractivity contribution in [3.8, 4) is 0 Å². The van der Waals surface area contributed by atoms with E-state index in [-0.39, 0.29) is 17.2 Å². The summed E-state index contributed by atoms with van der Waals surface area (Å²) in [7, 11) is 1.29. The predicted octanol–water partition coefficient (Wildman–Crippen LogP) is 2.56. The van der Waals surface area contributed by atoms with Gasteiger partial charge in [0.1, 0.15) is 11.5 Å². The van der Waals surface area contributed by atoms with Gasteiger partial charge in [0.05, 0.1) is 23.6 Å². The van der Waals surface area contributed by atoms with Gasteiger partial charge in [0.15, 0.2) is 0 Å². The Morgan fingerprint density at radius 3 is 2.65 bits per heavy atom. The molecule has 31 heavy (non-hydrogen) atoms. The first-order chi connectivity index (χ1) is 14.9. The average molecular weight is 426 g/mol. The van der Waals surface area contributed by atoms with Crippen LogP contribution in [0, 0.1) is 15.5 Å². The van der Waals surface area contributed by atoms with Gasteiger partial charge in [-0.05, 0) is 43.4 Å². The molecule has 2 aliphatic heterocycles. The van der Waals surface area contributed by atoms with Gasteiger partial charge in [-0.1, -0.05) is 12.2 Å². The van der Waals surface area contributed by atoms with Crippen LogP contribution in [0.4, 0.5) is 5.69 Å². The Hall–Kier alpha value is -3.49. The number of allylic oxidation sites excluding steroid dienone is 1. The lowest BCUT2D eigenvalue weighted by Crippen LogP contribution is -2.61. The summed E-state index contributed by atoms with van der Waals surface area (Å²) in [5.74, 6) is -1.37. The second-order valence-electron chi connectivity index (χ2n) is 7.88. The highest BCUT2D eigenvalue weighted by atomic mass is 16.6. The Labute approximate surface area is 178 Å². The number of nitrogens with zero attached hydrogens (tertiary/aromatic N) is 2. The van der Waals surface area contributed by atoms with E-state index in [0.717, 1.165) is 5.57 Å². The minimum atomic E-state index is -1.22. The number of rotatable bonds is 4. The Morgan fingerprint density at radius 1 is 1.23 bits per heavy atom. The predicted molar refractivity (Wildman–Crippen MR) is 108 cm³/mol. The van der Waals surface area contributed by atoms with Gasteiger partial charge in [-0.15, -0.1) is 0 Å². The SMILES string of the molecule is COC(=O)[C@@]12CCC=C3C=CC(=O)N(CCC[C@H]1OC(=O)c1ccc([N+](=O)[O-])cc1)[C@@H]32. The van der Waals surface area contributed by atoms with E-state index in [1.54, 1.807) is 11.0 Å². The quantitative estimate of drug-likeness (QED) is 0.413. The van der Waals surface area contributed by atoms with E-state index < -0.39 is 34.4 Å². The van der Waals surface area contributed by atoms with Crippen molar-refractivity contribution in [2.75, 3.05) is 13.7 Å². The molecule has 0 saturated carbocycles. The molecule has 0 bridgehead atoms. The number of nitro benzene ring substituents is 1. The number of non-ortho nitro benzene ring substituents is 1. The van der Waals surface area contributed by atoms with Gasteiger partial charge >= 0.3 is 11.9 Å². The molecule has 2 heterocycles. The molecule has 0 aromatic heterocycles. The van der Waals surface area contributed by atoms with Gasteiger partial charge in [0, 0.05) is 24.8 Å². The zero-order valence-electron chi connectivity index (χ0n) is 17.0. The summed E-state index contributed by atoms with van der Waals surface area (Å²) in [5.41, 5.74) is -0.360. The number of amides is 1. The van der Waals surface area contributed by atoms with E-state index in [4.69, 9.17) is 9.47 Å². The van der Waals surface area contributed by atoms with Crippen LogP contribution in [0.2, 0.25) is 0 Å². The Bertz CT molecular complexity index is 998. The van der Waals surface area contributed by atoms with Crippen LogP contribution in [0.1, 0.15) is 36.0 Å². The zero-order valence-corrected chi connectivity index (χ0v) is 17.0. The topological polar surface area (TPSA) is 116 Å². The third-order valence-electron chi connectivity index (χ3n) is 6.32. The second-order valence-corrected chi connectivity index (χ2v) is 7.88. The van der Waals surface area contributed by atoms with E-state index in [0.29, 0.717) is 32.2 Å². The summed E-state index contributed by atoms with van der Waals surface area (Å²) in [4.78, 5) is 50.7. The minimum absolute atomic E-state index is 0.137. The highest BCUT2D eigenvalue weighted by Crippen LogP contribution is 2.49. The number of hydrogen-bond acceptors (Lipinski definition) is 7. The monoisotopic (exact) mass is 426 g/mol. The summed E-state index contributed by atoms with van der Waals surface area (Å²) in [5, 5.41) is 10.9. The smallest absolute Gasteiger partial charge is 0.338 e. The van der Waals surface area contributed by atoms with Crippen molar-refractivity contribution in [1.29, 1.82) is 0 Å². The largest absolute Gasteiger partial charge is 0.468 e. The van der Waals surface area contributed by atoms with Crippen molar-refractivity contribution < 1.29 is 28.8 Å². The molecule has 1 aliphatic carbocycles. The van der Waals surface area contributed by atoms with E-state index in [1.807, 2.05) is 6.08 Å². The summed E-state index contributed by atoms with van der Waals surface area (Å²) >= 11 is 0. The maximum Gasteiger partial charge on any atom is 0.338 e. The van der Waals surface area contributed by atoms with Gasteiger partial charge in [-0.25, -0.2) is 4.79 Å². The van der Waals surface area contributed by atoms with Crippen molar-refractivity contribution in [2.24, 2.45) is 5.41 Å². The summed E-state index contributed by atoms with van der Waals surface area (Å²) < 4.78 is 11.0. The third-order valence-corrected chi connectivity index (χ3v) is 6.32. The molecular formula is C22H22N2O7. The number of benzene rings is 1. The first kappa shape index (κ1) is 20.8. The van der Waals surface area contributed by atoms with Crippen LogP contribution in [0.3, 0.4) is 0 Å². The fraction of sp³-hybridized carbons (Fsp3) is 0.409. The van der Waals surface area contributed by atoms with Crippen LogP contribution in [-0.2, 0) is 19.1 Å². The molecule has 9 nitrogen and oxygen atoms in total. The van der Waals surface area contributed by atoms with Crippen molar-refractivity contribution in [3.05, 3.63) is 63.7 Å². The molecule has 1 aromatic carbocycles. The molecule has 1 aromatic rings. The molecule has 0 unspecified atom stereocenters. The molecule has 9 heteroatoms. The molecule has 1 saturated heterocycles. The van der Waals surface area contributed by atoms with Gasteiger partial charge < -0.3 is 14.4 Å². The summed E-state index contributed by atoms with van der Waals surface area (Å²) in [6, 6.07) is 4.55. The fourth-order valence-electron chi connectivity index (χ4n) is 4.93. The minimum Gasteiger partial charge on any atom is -0.468 e. The maximum absolute atomic E-state index is 13.2. The number of carbonyl (C=O) groups is 3. The number of nitro groups is 1. The lowest BCUT2D eigenvalue weighted by molar-refractivity contribution is -0.384. The number of methoxy groups -OCH3 is 1. The third kappa shape index (κ3) is 3.39. The lowest BCUT2D eigenvalue weighted by Gasteiger charge is -2.48. The maximum atomic E-state index is 13.2. The van der Waals surface area contributed by atoms with E-state index in [1.165, 1.54) is 37.5 Å². The highest BCUT2D eigenvalue weighted by Gasteiger charge is 2.60. The van der Waals surface area contributed by atoms with Crippen LogP contribution in [0.15, 0.2) is 48.1 Å². The molecular weight excluding hydrogens is 404 g/mol. The Morgan fingerprint density at radius 2 is 1.97 bits per heavy atom. The van der Waals surface area contributed by atoms with Gasteiger partial charge in [-0.2, -0.15) is 0 Å². The van der Waals surface area contributed by atoms with Crippen LogP contribution >= 0.6 is 0 Å². The van der Waals surface area contributed by atoms with Crippen molar-refractivity contribution in [2.45, 2.75) is 37.8 Å². The van der Waals surface area contributed by atoms with Crippen molar-refractivity contribution in [1.82, 2.24) is 4.90 Å². The number of ether oxygens (including phenoxy) is 2. The second kappa shape index (κ2) is 7.98. The van der Waals surface area contributed by atoms with Crippen LogP contribution in [0.25, 0.3) is 0 Å².